The van der Waals surface area contributed by atoms with Crippen LogP contribution < -0.4 is 4.66 Å². The zero-order valence-corrected chi connectivity index (χ0v) is 3.91. The van der Waals surface area contributed by atoms with Crippen molar-refractivity contribution < 1.29 is 35.7 Å². The van der Waals surface area contributed by atoms with E-state index in [-0.39, 0.29) is 11.3 Å². The van der Waals surface area contributed by atoms with Gasteiger partial charge in [0, 0.05) is 0 Å². The SMILES string of the molecule is OB(O)O.[O-][Cl+]O. The second-order valence-electron chi connectivity index (χ2n) is 0.415. The molecule has 0 aromatic carbocycles. The van der Waals surface area contributed by atoms with Crippen molar-refractivity contribution in [3.05, 3.63) is 0 Å². The third-order valence-electron chi connectivity index (χ3n) is 0. The van der Waals surface area contributed by atoms with Crippen LogP contribution in [-0.4, -0.2) is 27.1 Å². The molecular formula is H4BClO5. The molecule has 4 N–H and O–H groups in total. The van der Waals surface area contributed by atoms with Gasteiger partial charge in [0.1, 0.15) is 0 Å². The lowest BCUT2D eigenvalue weighted by Gasteiger charge is -1.69. The first-order chi connectivity index (χ1) is 3.15. The Hall–Kier alpha value is 0.155. The molecule has 0 bridgehead atoms. The largest absolute Gasteiger partial charge is 0.631 e. The van der Waals surface area contributed by atoms with Gasteiger partial charge >= 0.3 is 18.6 Å². The summed E-state index contributed by atoms with van der Waals surface area (Å²) < 4.78 is 15.2. The summed E-state index contributed by atoms with van der Waals surface area (Å²) >= 11 is -0.167. The molecular weight excluding hydrogens is 126 g/mol. The van der Waals surface area contributed by atoms with Gasteiger partial charge in [0.25, 0.3) is 0 Å². The van der Waals surface area contributed by atoms with E-state index in [4.69, 9.17) is 24.4 Å². The van der Waals surface area contributed by atoms with E-state index in [0.29, 0.717) is 0 Å². The minimum Gasteiger partial charge on any atom is -0.506 e. The highest BCUT2D eigenvalue weighted by Crippen LogP contribution is 1.40. The zero-order valence-electron chi connectivity index (χ0n) is 3.15. The molecule has 0 spiro atoms. The topological polar surface area (TPSA) is 104 Å². The van der Waals surface area contributed by atoms with E-state index in [1.165, 1.54) is 0 Å². The predicted octanol–water partition coefficient (Wildman–Crippen LogP) is -3.80. The quantitative estimate of drug-likeness (QED) is 0.252. The summed E-state index contributed by atoms with van der Waals surface area (Å²) in [6, 6.07) is 0. The molecule has 0 aliphatic carbocycles. The standard InChI is InChI=1S/BH3O3.ClHO2/c2-1(3)4;2-1-3/h2-4H;2H. The molecule has 0 amide bonds. The summed E-state index contributed by atoms with van der Waals surface area (Å²) in [6.45, 7) is 0. The van der Waals surface area contributed by atoms with Gasteiger partial charge in [0.05, 0.1) is 0 Å². The second-order valence-corrected chi connectivity index (χ2v) is 0.553. The summed E-state index contributed by atoms with van der Waals surface area (Å²) in [7, 11) is -2.17. The Morgan fingerprint density at radius 2 is 1.29 bits per heavy atom. The summed E-state index contributed by atoms with van der Waals surface area (Å²) in [6.07, 6.45) is 0. The Morgan fingerprint density at radius 1 is 1.29 bits per heavy atom. The maximum atomic E-state index is 8.35. The van der Waals surface area contributed by atoms with Crippen LogP contribution in [-0.2, 0) is 0 Å². The summed E-state index contributed by atoms with van der Waals surface area (Å²) in [5.74, 6) is 0. The Morgan fingerprint density at radius 3 is 1.29 bits per heavy atom. The van der Waals surface area contributed by atoms with Crippen molar-refractivity contribution in [2.24, 2.45) is 0 Å². The monoisotopic (exact) mass is 130 g/mol. The number of hydrogen-bond acceptors (Lipinski definition) is 5. The first kappa shape index (κ1) is 10.2. The Bertz CT molecular complexity index is 19.3. The van der Waals surface area contributed by atoms with Crippen molar-refractivity contribution >= 4 is 7.32 Å². The molecule has 0 saturated heterocycles. The highest BCUT2D eigenvalue weighted by atomic mass is 35.6. The van der Waals surface area contributed by atoms with Gasteiger partial charge < -0.3 is 19.7 Å². The van der Waals surface area contributed by atoms with E-state index in [1.54, 1.807) is 0 Å². The maximum absolute atomic E-state index is 8.35. The Kier molecular flexibility index (Phi) is 13.8. The number of halogens is 1. The van der Waals surface area contributed by atoms with Crippen molar-refractivity contribution in [2.75, 3.05) is 0 Å². The third-order valence-corrected chi connectivity index (χ3v) is 0. The van der Waals surface area contributed by atoms with Gasteiger partial charge in [0.15, 0.2) is 0 Å². The van der Waals surface area contributed by atoms with Crippen molar-refractivity contribution in [2.45, 2.75) is 0 Å². The fourth-order valence-electron chi connectivity index (χ4n) is 0. The second kappa shape index (κ2) is 9.47. The number of rotatable bonds is 0. The fraction of sp³-hybridized carbons (Fsp3) is 0. The van der Waals surface area contributed by atoms with Gasteiger partial charge in [-0.3, -0.25) is 0 Å². The number of hydrogen-bond donors (Lipinski definition) is 4. The molecule has 0 heterocycles. The third kappa shape index (κ3) is 4430. The smallest absolute Gasteiger partial charge is 0.506 e. The Labute approximate surface area is 44.1 Å². The van der Waals surface area contributed by atoms with E-state index in [0.717, 1.165) is 0 Å². The molecule has 0 unspecified atom stereocenters. The molecule has 0 rings (SSSR count). The summed E-state index contributed by atoms with van der Waals surface area (Å²) in [5, 5.41) is 21.5. The molecule has 7 heteroatoms. The lowest BCUT2D eigenvalue weighted by molar-refractivity contribution is -1.27. The zero-order chi connectivity index (χ0) is 6.28. The molecule has 0 aromatic rings. The molecule has 7 heavy (non-hydrogen) atoms. The molecule has 0 atom stereocenters. The first-order valence-corrected chi connectivity index (χ1v) is 1.74. The summed E-state index contributed by atoms with van der Waals surface area (Å²) in [5.41, 5.74) is 0. The van der Waals surface area contributed by atoms with E-state index >= 15 is 0 Å². The molecule has 0 aliphatic rings. The minimum absolute atomic E-state index is 0.167. The van der Waals surface area contributed by atoms with E-state index in [9.17, 15) is 0 Å². The van der Waals surface area contributed by atoms with Crippen LogP contribution in [0, 0.1) is 11.3 Å². The van der Waals surface area contributed by atoms with E-state index in [2.05, 4.69) is 0 Å². The van der Waals surface area contributed by atoms with Crippen molar-refractivity contribution in [3.63, 3.8) is 0 Å². The lowest BCUT2D eigenvalue weighted by Crippen LogP contribution is -2.07. The van der Waals surface area contributed by atoms with Gasteiger partial charge in [-0.25, -0.2) is 0 Å². The van der Waals surface area contributed by atoms with Gasteiger partial charge in [-0.15, -0.1) is 4.66 Å². The maximum Gasteiger partial charge on any atom is 0.631 e. The lowest BCUT2D eigenvalue weighted by atomic mass is 10.3. The molecule has 0 saturated carbocycles. The molecule has 5 nitrogen and oxygen atoms in total. The molecule has 0 aromatic heterocycles. The van der Waals surface area contributed by atoms with Crippen LogP contribution in [0.15, 0.2) is 0 Å². The predicted molar refractivity (Wildman–Crippen MR) is 14.6 cm³/mol. The minimum atomic E-state index is -2.17. The highest BCUT2D eigenvalue weighted by molar-refractivity contribution is 6.30. The first-order valence-electron chi connectivity index (χ1n) is 1.10. The van der Waals surface area contributed by atoms with Crippen LogP contribution in [0.5, 0.6) is 0 Å². The van der Waals surface area contributed by atoms with E-state index < -0.39 is 7.32 Å². The normalized spacial score (nSPS) is 6.43. The van der Waals surface area contributed by atoms with Crippen LogP contribution in [0.25, 0.3) is 0 Å². The average Bonchev–Trinajstić information content (AvgIpc) is 1.33. The molecule has 44 valence electrons. The van der Waals surface area contributed by atoms with Crippen LogP contribution in [0.3, 0.4) is 0 Å². The van der Waals surface area contributed by atoms with Crippen molar-refractivity contribution in [1.82, 2.24) is 0 Å². The average molecular weight is 130 g/mol. The van der Waals surface area contributed by atoms with Crippen LogP contribution in [0.1, 0.15) is 0 Å². The van der Waals surface area contributed by atoms with Crippen LogP contribution in [0.2, 0.25) is 0 Å². The van der Waals surface area contributed by atoms with Gasteiger partial charge in [-0.05, 0) is 0 Å². The fourth-order valence-corrected chi connectivity index (χ4v) is 0. The highest BCUT2D eigenvalue weighted by Gasteiger charge is 1.92. The molecule has 0 radical (unpaired) electrons. The van der Waals surface area contributed by atoms with Gasteiger partial charge in [-0.1, -0.05) is 0 Å². The van der Waals surface area contributed by atoms with Crippen molar-refractivity contribution in [3.8, 4) is 0 Å². The Balaban J connectivity index is 0. The molecule has 0 aliphatic heterocycles. The van der Waals surface area contributed by atoms with Gasteiger partial charge in [-0.2, -0.15) is 0 Å². The van der Waals surface area contributed by atoms with Crippen molar-refractivity contribution in [1.29, 1.82) is 0 Å². The molecule has 0 fully saturated rings. The summed E-state index contributed by atoms with van der Waals surface area (Å²) in [4.78, 5) is 0. The van der Waals surface area contributed by atoms with Gasteiger partial charge in [0.2, 0.25) is 0 Å². The van der Waals surface area contributed by atoms with E-state index in [1.807, 2.05) is 0 Å². The van der Waals surface area contributed by atoms with Crippen LogP contribution in [0.4, 0.5) is 0 Å². The van der Waals surface area contributed by atoms with Crippen LogP contribution >= 0.6 is 0 Å².